The summed E-state index contributed by atoms with van der Waals surface area (Å²) < 4.78 is 34.5. The van der Waals surface area contributed by atoms with Crippen LogP contribution in [0.15, 0.2) is 11.5 Å². The number of carbonyl (C=O) groups excluding carboxylic acids is 2. The Balaban J connectivity index is 1.27. The van der Waals surface area contributed by atoms with Crippen LogP contribution < -0.4 is 9.47 Å². The molecule has 5 atom stereocenters. The van der Waals surface area contributed by atoms with Gasteiger partial charge in [-0.1, -0.05) is 72.6 Å². The predicted octanol–water partition coefficient (Wildman–Crippen LogP) is 8.90. The Bertz CT molecular complexity index is 1360. The first-order chi connectivity index (χ1) is 23.0. The molecule has 3 heterocycles. The van der Waals surface area contributed by atoms with Crippen LogP contribution in [0.2, 0.25) is 0 Å². The highest BCUT2D eigenvalue weighted by Gasteiger charge is 2.47. The van der Waals surface area contributed by atoms with Crippen molar-refractivity contribution in [3.05, 3.63) is 33.8 Å². The Hall–Kier alpha value is -2.78. The van der Waals surface area contributed by atoms with Crippen LogP contribution in [0.3, 0.4) is 0 Å². The molecule has 0 bridgehead atoms. The molecule has 1 N–H and O–H groups in total. The number of rotatable bonds is 17. The maximum absolute atomic E-state index is 12.9. The largest absolute Gasteiger partial charge is 0.505 e. The standard InChI is InChI=1S/C40H62O9/c1-24(2)14-11-15-25(3)16-12-17-26(4)18-13-20-40(10)21-19-30-29(7)34(27(5)28(6)35(30)49-40)46-32(41)23-44-37-33(42)36(47-38(37)43)31-22-45-39(8,9)48-31/h24-26,31,36,42H,11-23H2,1-10H3. The van der Waals surface area contributed by atoms with Gasteiger partial charge < -0.3 is 33.5 Å². The van der Waals surface area contributed by atoms with Crippen LogP contribution in [0.1, 0.15) is 135 Å². The number of hydrogen-bond donors (Lipinski definition) is 1. The molecule has 3 aliphatic heterocycles. The summed E-state index contributed by atoms with van der Waals surface area (Å²) >= 11 is 0. The minimum atomic E-state index is -1.06. The number of esters is 2. The molecule has 276 valence electrons. The highest BCUT2D eigenvalue weighted by atomic mass is 16.8. The number of cyclic esters (lactones) is 1. The van der Waals surface area contributed by atoms with E-state index >= 15 is 0 Å². The molecule has 1 fully saturated rings. The van der Waals surface area contributed by atoms with Crippen LogP contribution in [0.4, 0.5) is 0 Å². The topological polar surface area (TPSA) is 110 Å². The SMILES string of the molecule is Cc1c(C)c2c(c(C)c1OC(=O)COC1=C(O)C(C3COC(C)(C)O3)OC1=O)CCC(C)(CCCC(C)CCCC(C)CCCC(C)C)O2. The summed E-state index contributed by atoms with van der Waals surface area (Å²) in [6.07, 6.45) is 11.4. The second-order valence-electron chi connectivity index (χ2n) is 16.1. The van der Waals surface area contributed by atoms with E-state index in [1.54, 1.807) is 13.8 Å². The third kappa shape index (κ3) is 10.2. The smallest absolute Gasteiger partial charge is 0.378 e. The molecule has 0 saturated carbocycles. The first-order valence-corrected chi connectivity index (χ1v) is 18.6. The lowest BCUT2D eigenvalue weighted by Crippen LogP contribution is -2.37. The lowest BCUT2D eigenvalue weighted by atomic mass is 9.83. The van der Waals surface area contributed by atoms with Crippen molar-refractivity contribution in [1.29, 1.82) is 0 Å². The fourth-order valence-corrected chi connectivity index (χ4v) is 7.40. The molecule has 0 amide bonds. The lowest BCUT2D eigenvalue weighted by molar-refractivity contribution is -0.163. The van der Waals surface area contributed by atoms with Crippen molar-refractivity contribution in [1.82, 2.24) is 0 Å². The van der Waals surface area contributed by atoms with Gasteiger partial charge in [-0.15, -0.1) is 0 Å². The molecule has 1 aromatic rings. The molecule has 0 spiro atoms. The minimum Gasteiger partial charge on any atom is -0.505 e. The summed E-state index contributed by atoms with van der Waals surface area (Å²) in [4.78, 5) is 25.4. The van der Waals surface area contributed by atoms with Crippen LogP contribution in [0.5, 0.6) is 11.5 Å². The third-order valence-electron chi connectivity index (χ3n) is 10.7. The molecule has 49 heavy (non-hydrogen) atoms. The molecular weight excluding hydrogens is 624 g/mol. The highest BCUT2D eigenvalue weighted by Crippen LogP contribution is 2.45. The lowest BCUT2D eigenvalue weighted by Gasteiger charge is -2.38. The van der Waals surface area contributed by atoms with Crippen molar-refractivity contribution >= 4 is 11.9 Å². The van der Waals surface area contributed by atoms with Crippen molar-refractivity contribution in [3.8, 4) is 11.5 Å². The highest BCUT2D eigenvalue weighted by molar-refractivity contribution is 5.90. The fourth-order valence-electron chi connectivity index (χ4n) is 7.40. The van der Waals surface area contributed by atoms with Gasteiger partial charge >= 0.3 is 11.9 Å². The quantitative estimate of drug-likeness (QED) is 0.127. The van der Waals surface area contributed by atoms with E-state index in [9.17, 15) is 14.7 Å². The van der Waals surface area contributed by atoms with Crippen LogP contribution in [0.25, 0.3) is 0 Å². The van der Waals surface area contributed by atoms with Gasteiger partial charge in [-0.05, 0) is 102 Å². The van der Waals surface area contributed by atoms with E-state index in [1.807, 2.05) is 20.8 Å². The first kappa shape index (κ1) is 39.0. The Labute approximate surface area is 294 Å². The summed E-state index contributed by atoms with van der Waals surface area (Å²) in [6, 6.07) is 0. The van der Waals surface area contributed by atoms with Crippen molar-refractivity contribution in [2.24, 2.45) is 17.8 Å². The van der Waals surface area contributed by atoms with Crippen LogP contribution >= 0.6 is 0 Å². The van der Waals surface area contributed by atoms with Gasteiger partial charge in [-0.3, -0.25) is 0 Å². The number of fused-ring (bicyclic) bond motifs is 1. The van der Waals surface area contributed by atoms with Gasteiger partial charge in [0.25, 0.3) is 0 Å². The van der Waals surface area contributed by atoms with Crippen LogP contribution in [-0.4, -0.2) is 53.9 Å². The summed E-state index contributed by atoms with van der Waals surface area (Å²) in [7, 11) is 0. The zero-order valence-corrected chi connectivity index (χ0v) is 31.8. The van der Waals surface area contributed by atoms with Crippen molar-refractivity contribution in [2.75, 3.05) is 13.2 Å². The van der Waals surface area contributed by atoms with E-state index in [1.165, 1.54) is 44.9 Å². The average molecular weight is 687 g/mol. The molecule has 0 aromatic heterocycles. The number of benzene rings is 1. The van der Waals surface area contributed by atoms with Gasteiger partial charge in [0.1, 0.15) is 23.2 Å². The monoisotopic (exact) mass is 686 g/mol. The van der Waals surface area contributed by atoms with E-state index in [2.05, 4.69) is 34.6 Å². The van der Waals surface area contributed by atoms with Crippen molar-refractivity contribution < 1.29 is 43.1 Å². The van der Waals surface area contributed by atoms with E-state index in [-0.39, 0.29) is 12.2 Å². The Morgan fingerprint density at radius 2 is 1.55 bits per heavy atom. The predicted molar refractivity (Wildman–Crippen MR) is 189 cm³/mol. The fraction of sp³-hybridized carbons (Fsp3) is 0.750. The van der Waals surface area contributed by atoms with Gasteiger partial charge in [-0.2, -0.15) is 0 Å². The molecule has 1 saturated heterocycles. The molecule has 9 heteroatoms. The molecule has 5 unspecified atom stereocenters. The van der Waals surface area contributed by atoms with Crippen LogP contribution in [0, 0.1) is 38.5 Å². The van der Waals surface area contributed by atoms with Gasteiger partial charge in [0.2, 0.25) is 5.76 Å². The molecule has 9 nitrogen and oxygen atoms in total. The summed E-state index contributed by atoms with van der Waals surface area (Å²) in [5.41, 5.74) is 3.47. The van der Waals surface area contributed by atoms with Gasteiger partial charge in [0.15, 0.2) is 24.3 Å². The zero-order chi connectivity index (χ0) is 36.1. The van der Waals surface area contributed by atoms with Crippen LogP contribution in [-0.2, 0) is 35.0 Å². The third-order valence-corrected chi connectivity index (χ3v) is 10.7. The van der Waals surface area contributed by atoms with Crippen molar-refractivity contribution in [2.45, 2.75) is 163 Å². The number of ether oxygens (including phenoxy) is 6. The number of aliphatic hydroxyl groups excluding tert-OH is 1. The van der Waals surface area contributed by atoms with Crippen molar-refractivity contribution in [3.63, 3.8) is 0 Å². The van der Waals surface area contributed by atoms with E-state index < -0.39 is 48.1 Å². The first-order valence-electron chi connectivity index (χ1n) is 18.6. The number of aliphatic hydroxyl groups is 1. The van der Waals surface area contributed by atoms with Gasteiger partial charge in [-0.25, -0.2) is 9.59 Å². The number of hydrogen-bond acceptors (Lipinski definition) is 9. The Morgan fingerprint density at radius 3 is 2.16 bits per heavy atom. The normalized spacial score (nSPS) is 24.4. The van der Waals surface area contributed by atoms with E-state index in [0.717, 1.165) is 71.4 Å². The zero-order valence-electron chi connectivity index (χ0n) is 31.8. The maximum atomic E-state index is 12.9. The van der Waals surface area contributed by atoms with E-state index in [0.29, 0.717) is 5.75 Å². The van der Waals surface area contributed by atoms with Gasteiger partial charge in [0, 0.05) is 5.56 Å². The Morgan fingerprint density at radius 1 is 0.918 bits per heavy atom. The summed E-state index contributed by atoms with van der Waals surface area (Å²) in [6.45, 7) is 20.6. The number of carbonyl (C=O) groups is 2. The molecule has 1 aromatic carbocycles. The maximum Gasteiger partial charge on any atom is 0.378 e. The summed E-state index contributed by atoms with van der Waals surface area (Å²) in [5.74, 6) is 0.461. The van der Waals surface area contributed by atoms with Gasteiger partial charge in [0.05, 0.1) is 6.61 Å². The van der Waals surface area contributed by atoms with E-state index in [4.69, 9.17) is 28.4 Å². The Kier molecular flexibility index (Phi) is 13.1. The molecule has 0 radical (unpaired) electrons. The molecule has 4 rings (SSSR count). The second kappa shape index (κ2) is 16.5. The molecular formula is C40H62O9. The molecule has 0 aliphatic carbocycles. The average Bonchev–Trinajstić information content (AvgIpc) is 3.53. The minimum absolute atomic E-state index is 0.140. The second-order valence-corrected chi connectivity index (χ2v) is 16.1. The summed E-state index contributed by atoms with van der Waals surface area (Å²) in [5, 5.41) is 10.6. The molecule has 3 aliphatic rings.